The Labute approximate surface area is 163 Å². The topological polar surface area (TPSA) is 20.2 Å². The van der Waals surface area contributed by atoms with E-state index in [0.717, 1.165) is 29.6 Å². The van der Waals surface area contributed by atoms with Gasteiger partial charge in [-0.1, -0.05) is 102 Å². The predicted molar refractivity (Wildman–Crippen MR) is 120 cm³/mol. The zero-order valence-electron chi connectivity index (χ0n) is 18.7. The smallest absolute Gasteiger partial charge is 0.136 e. The van der Waals surface area contributed by atoms with Crippen molar-refractivity contribution in [1.29, 1.82) is 0 Å². The molecule has 0 radical (unpaired) electrons. The van der Waals surface area contributed by atoms with Crippen LogP contribution in [0.1, 0.15) is 85.8 Å². The summed E-state index contributed by atoms with van der Waals surface area (Å²) in [6.45, 7) is 18.5. The van der Waals surface area contributed by atoms with Crippen molar-refractivity contribution >= 4 is 0 Å². The van der Waals surface area contributed by atoms with Crippen LogP contribution < -0.4 is 0 Å². The molecule has 0 saturated carbocycles. The number of rotatable bonds is 6. The molecule has 26 heavy (non-hydrogen) atoms. The summed E-state index contributed by atoms with van der Waals surface area (Å²) in [4.78, 5) is 0. The molecule has 0 aliphatic carbocycles. The molecule has 0 heterocycles. The monoisotopic (exact) mass is 358 g/mol. The van der Waals surface area contributed by atoms with E-state index < -0.39 is 5.60 Å². The minimum Gasteiger partial charge on any atom is -0.376 e. The number of hydrogen-bond acceptors (Lipinski definition) is 1. The molecule has 148 valence electrons. The first-order valence-corrected chi connectivity index (χ1v) is 10.2. The van der Waals surface area contributed by atoms with Gasteiger partial charge in [0.2, 0.25) is 0 Å². The third-order valence-corrected chi connectivity index (χ3v) is 3.85. The summed E-state index contributed by atoms with van der Waals surface area (Å²) in [6.07, 6.45) is 11.1. The Hall–Kier alpha value is -1.60. The molecule has 0 aliphatic rings. The predicted octanol–water partition coefficient (Wildman–Crippen LogP) is 7.89. The molecule has 0 bridgehead atoms. The maximum Gasteiger partial charge on any atom is 0.136 e. The van der Waals surface area contributed by atoms with Gasteiger partial charge in [0.1, 0.15) is 5.60 Å². The van der Waals surface area contributed by atoms with Crippen molar-refractivity contribution in [3.8, 4) is 0 Å². The average molecular weight is 359 g/mol. The van der Waals surface area contributed by atoms with Gasteiger partial charge in [-0.2, -0.15) is 0 Å². The van der Waals surface area contributed by atoms with Crippen molar-refractivity contribution in [3.63, 3.8) is 0 Å². The molecule has 1 unspecified atom stereocenters. The van der Waals surface area contributed by atoms with Crippen LogP contribution in [0.3, 0.4) is 0 Å². The van der Waals surface area contributed by atoms with E-state index in [1.165, 1.54) is 12.0 Å². The van der Waals surface area contributed by atoms with Crippen molar-refractivity contribution in [2.24, 2.45) is 0 Å². The zero-order valence-corrected chi connectivity index (χ0v) is 18.7. The molecule has 0 saturated heterocycles. The average Bonchev–Trinajstić information content (AvgIpc) is 2.65. The molecular formula is C25H42O. The van der Waals surface area contributed by atoms with Crippen LogP contribution in [0.5, 0.6) is 0 Å². The standard InChI is InChI=1S/C20H28O.C3H8.C2H6/c1-6-10-18(11-7-2)20(21,17(8-3)9-4)19-14-12-16(5)13-15-19;1-3-2;1-2/h6,8,10-15,21H,7,9H2,1-5H3;3H2,1-2H3;1-2H3/b10-6-,17-8+,18-11+;;. The molecule has 1 nitrogen and oxygen atoms in total. The maximum atomic E-state index is 11.6. The first-order chi connectivity index (χ1) is 12.5. The zero-order chi connectivity index (χ0) is 20.6. The summed E-state index contributed by atoms with van der Waals surface area (Å²) in [6, 6.07) is 8.17. The van der Waals surface area contributed by atoms with Crippen molar-refractivity contribution in [2.75, 3.05) is 0 Å². The van der Waals surface area contributed by atoms with Gasteiger partial charge in [0.25, 0.3) is 0 Å². The van der Waals surface area contributed by atoms with Crippen molar-refractivity contribution in [2.45, 2.75) is 87.2 Å². The number of benzene rings is 1. The Morgan fingerprint density at radius 2 is 1.50 bits per heavy atom. The van der Waals surface area contributed by atoms with Crippen LogP contribution >= 0.6 is 0 Å². The molecule has 0 aliphatic heterocycles. The van der Waals surface area contributed by atoms with E-state index in [-0.39, 0.29) is 0 Å². The van der Waals surface area contributed by atoms with E-state index >= 15 is 0 Å². The summed E-state index contributed by atoms with van der Waals surface area (Å²) in [7, 11) is 0. The van der Waals surface area contributed by atoms with Gasteiger partial charge in [-0.3, -0.25) is 0 Å². The fraction of sp³-hybridized carbons (Fsp3) is 0.520. The maximum absolute atomic E-state index is 11.6. The fourth-order valence-corrected chi connectivity index (χ4v) is 2.74. The van der Waals surface area contributed by atoms with Crippen LogP contribution in [-0.2, 0) is 5.60 Å². The highest BCUT2D eigenvalue weighted by Crippen LogP contribution is 2.39. The minimum absolute atomic E-state index is 0.819. The third kappa shape index (κ3) is 7.74. The second kappa shape index (κ2) is 15.6. The Bertz CT molecular complexity index is 546. The summed E-state index contributed by atoms with van der Waals surface area (Å²) in [5, 5.41) is 11.6. The molecule has 1 heteroatoms. The molecule has 1 rings (SSSR count). The molecule has 1 N–H and O–H groups in total. The number of allylic oxidation sites excluding steroid dienone is 3. The second-order valence-electron chi connectivity index (χ2n) is 6.02. The van der Waals surface area contributed by atoms with Gasteiger partial charge < -0.3 is 5.11 Å². The Balaban J connectivity index is 0. The van der Waals surface area contributed by atoms with Gasteiger partial charge in [0, 0.05) is 0 Å². The number of aryl methyl sites for hydroxylation is 1. The third-order valence-electron chi connectivity index (χ3n) is 3.85. The minimum atomic E-state index is -1.04. The largest absolute Gasteiger partial charge is 0.376 e. The van der Waals surface area contributed by atoms with E-state index in [4.69, 9.17) is 0 Å². The molecule has 1 atom stereocenters. The number of hydrogen-bond donors (Lipinski definition) is 1. The van der Waals surface area contributed by atoms with Crippen LogP contribution in [0, 0.1) is 6.92 Å². The lowest BCUT2D eigenvalue weighted by Gasteiger charge is -2.33. The van der Waals surface area contributed by atoms with Crippen LogP contribution in [-0.4, -0.2) is 5.11 Å². The highest BCUT2D eigenvalue weighted by atomic mass is 16.3. The molecule has 0 aromatic heterocycles. The van der Waals surface area contributed by atoms with Gasteiger partial charge in [0.05, 0.1) is 0 Å². The molecule has 0 spiro atoms. The molecule has 1 aromatic carbocycles. The normalized spacial score (nSPS) is 14.1. The fourth-order valence-electron chi connectivity index (χ4n) is 2.74. The quantitative estimate of drug-likeness (QED) is 0.405. The Kier molecular flexibility index (Phi) is 16.0. The molecule has 0 fully saturated rings. The lowest BCUT2D eigenvalue weighted by molar-refractivity contribution is 0.116. The van der Waals surface area contributed by atoms with Crippen molar-refractivity contribution in [3.05, 3.63) is 70.8 Å². The van der Waals surface area contributed by atoms with Gasteiger partial charge >= 0.3 is 0 Å². The van der Waals surface area contributed by atoms with E-state index in [2.05, 4.69) is 52.8 Å². The highest BCUT2D eigenvalue weighted by Gasteiger charge is 2.35. The Morgan fingerprint density at radius 3 is 1.85 bits per heavy atom. The first-order valence-electron chi connectivity index (χ1n) is 10.2. The summed E-state index contributed by atoms with van der Waals surface area (Å²) in [5.74, 6) is 0. The lowest BCUT2D eigenvalue weighted by Crippen LogP contribution is -2.30. The van der Waals surface area contributed by atoms with Crippen molar-refractivity contribution in [1.82, 2.24) is 0 Å². The Morgan fingerprint density at radius 1 is 1.00 bits per heavy atom. The van der Waals surface area contributed by atoms with Crippen LogP contribution in [0.2, 0.25) is 0 Å². The first kappa shape index (κ1) is 26.6. The lowest BCUT2D eigenvalue weighted by atomic mass is 9.77. The van der Waals surface area contributed by atoms with Crippen LogP contribution in [0.15, 0.2) is 59.7 Å². The second-order valence-corrected chi connectivity index (χ2v) is 6.02. The molecular weight excluding hydrogens is 316 g/mol. The van der Waals surface area contributed by atoms with E-state index in [0.29, 0.717) is 0 Å². The van der Waals surface area contributed by atoms with Crippen LogP contribution in [0.4, 0.5) is 0 Å². The van der Waals surface area contributed by atoms with Gasteiger partial charge in [-0.25, -0.2) is 0 Å². The molecule has 1 aromatic rings. The van der Waals surface area contributed by atoms with E-state index in [1.807, 2.05) is 58.1 Å². The highest BCUT2D eigenvalue weighted by molar-refractivity contribution is 5.47. The SMILES string of the molecule is C/C=C\C(=C/CC)C(O)(/C(=C/C)CC)c1ccc(C)cc1.CC.CCC. The van der Waals surface area contributed by atoms with E-state index in [9.17, 15) is 5.11 Å². The summed E-state index contributed by atoms with van der Waals surface area (Å²) < 4.78 is 0. The van der Waals surface area contributed by atoms with Crippen LogP contribution in [0.25, 0.3) is 0 Å². The van der Waals surface area contributed by atoms with E-state index in [1.54, 1.807) is 0 Å². The van der Waals surface area contributed by atoms with Crippen molar-refractivity contribution < 1.29 is 5.11 Å². The van der Waals surface area contributed by atoms with Gasteiger partial charge in [-0.15, -0.1) is 0 Å². The summed E-state index contributed by atoms with van der Waals surface area (Å²) >= 11 is 0. The number of aliphatic hydroxyl groups is 1. The molecule has 0 amide bonds. The van der Waals surface area contributed by atoms with Gasteiger partial charge in [0.15, 0.2) is 0 Å². The summed E-state index contributed by atoms with van der Waals surface area (Å²) in [5.41, 5.74) is 3.07. The van der Waals surface area contributed by atoms with Gasteiger partial charge in [-0.05, 0) is 50.3 Å².